The average Bonchev–Trinajstić information content (AvgIpc) is 2.39. The largest absolute Gasteiger partial charge is 0.481 e. The number of Topliss-reactive ketones (excluding diaryl/α,β-unsaturated/α-hetero) is 2. The second-order valence-corrected chi connectivity index (χ2v) is 5.69. The SMILES string of the molecule is CC(=O)C(C)NC(CCC(=O)O)C(=O)C(C)(C)NCCN. The van der Waals surface area contributed by atoms with Crippen molar-refractivity contribution in [2.45, 2.75) is 58.2 Å². The van der Waals surface area contributed by atoms with E-state index in [9.17, 15) is 14.4 Å². The molecule has 0 bridgehead atoms. The number of rotatable bonds is 11. The van der Waals surface area contributed by atoms with E-state index in [-0.39, 0.29) is 24.4 Å². The molecule has 0 aliphatic rings. The molecule has 0 spiro atoms. The molecule has 0 rings (SSSR count). The van der Waals surface area contributed by atoms with Gasteiger partial charge in [0.25, 0.3) is 0 Å². The number of carboxylic acid groups (broad SMARTS) is 1. The summed E-state index contributed by atoms with van der Waals surface area (Å²) in [6, 6.07) is -1.20. The Balaban J connectivity index is 4.95. The molecule has 0 aliphatic carbocycles. The van der Waals surface area contributed by atoms with Crippen molar-refractivity contribution in [2.24, 2.45) is 5.73 Å². The number of nitrogens with one attached hydrogen (secondary N) is 2. The average molecular weight is 301 g/mol. The summed E-state index contributed by atoms with van der Waals surface area (Å²) in [5.74, 6) is -1.25. The first kappa shape index (κ1) is 19.7. The molecule has 0 aliphatic heterocycles. The summed E-state index contributed by atoms with van der Waals surface area (Å²) in [7, 11) is 0. The first-order valence-electron chi connectivity index (χ1n) is 7.09. The monoisotopic (exact) mass is 301 g/mol. The molecule has 0 saturated heterocycles. The standard InChI is InChI=1S/C14H27N3O4/c1-9(10(2)18)17-11(5-6-12(19)20)13(21)14(3,4)16-8-7-15/h9,11,16-17H,5-8,15H2,1-4H3,(H,19,20). The third-order valence-electron chi connectivity index (χ3n) is 3.35. The Hall–Kier alpha value is -1.31. The summed E-state index contributed by atoms with van der Waals surface area (Å²) in [4.78, 5) is 34.6. The molecule has 5 N–H and O–H groups in total. The second kappa shape index (κ2) is 8.86. The molecule has 0 saturated carbocycles. The predicted octanol–water partition coefficient (Wildman–Crippen LogP) is -0.317. The maximum absolute atomic E-state index is 12.6. The van der Waals surface area contributed by atoms with Crippen LogP contribution in [0.15, 0.2) is 0 Å². The highest BCUT2D eigenvalue weighted by molar-refractivity contribution is 5.93. The molecule has 0 radical (unpaired) electrons. The molecule has 2 atom stereocenters. The minimum Gasteiger partial charge on any atom is -0.481 e. The lowest BCUT2D eigenvalue weighted by atomic mass is 9.90. The third kappa shape index (κ3) is 7.31. The van der Waals surface area contributed by atoms with Gasteiger partial charge in [-0.05, 0) is 34.1 Å². The molecule has 0 fully saturated rings. The Morgan fingerprint density at radius 3 is 2.29 bits per heavy atom. The molecular formula is C14H27N3O4. The van der Waals surface area contributed by atoms with E-state index in [1.165, 1.54) is 6.92 Å². The number of carbonyl (C=O) groups is 3. The summed E-state index contributed by atoms with van der Waals surface area (Å²) < 4.78 is 0. The molecule has 7 heteroatoms. The van der Waals surface area contributed by atoms with Crippen LogP contribution in [0.25, 0.3) is 0 Å². The molecule has 7 nitrogen and oxygen atoms in total. The lowest BCUT2D eigenvalue weighted by Gasteiger charge is -2.31. The Kier molecular flexibility index (Phi) is 8.31. The van der Waals surface area contributed by atoms with Crippen molar-refractivity contribution in [3.05, 3.63) is 0 Å². The van der Waals surface area contributed by atoms with Crippen molar-refractivity contribution in [1.82, 2.24) is 10.6 Å². The van der Waals surface area contributed by atoms with E-state index in [1.54, 1.807) is 20.8 Å². The van der Waals surface area contributed by atoms with Crippen molar-refractivity contribution >= 4 is 17.5 Å². The van der Waals surface area contributed by atoms with Crippen molar-refractivity contribution in [3.63, 3.8) is 0 Å². The van der Waals surface area contributed by atoms with Gasteiger partial charge in [0, 0.05) is 19.5 Å². The van der Waals surface area contributed by atoms with Crippen LogP contribution in [-0.2, 0) is 14.4 Å². The van der Waals surface area contributed by atoms with Crippen molar-refractivity contribution in [1.29, 1.82) is 0 Å². The van der Waals surface area contributed by atoms with E-state index < -0.39 is 23.6 Å². The van der Waals surface area contributed by atoms with E-state index in [1.807, 2.05) is 0 Å². The van der Waals surface area contributed by atoms with Crippen molar-refractivity contribution < 1.29 is 19.5 Å². The zero-order chi connectivity index (χ0) is 16.6. The number of nitrogens with two attached hydrogens (primary N) is 1. The molecule has 0 heterocycles. The van der Waals surface area contributed by atoms with Crippen LogP contribution >= 0.6 is 0 Å². The first-order chi connectivity index (χ1) is 9.61. The van der Waals surface area contributed by atoms with Gasteiger partial charge in [-0.2, -0.15) is 0 Å². The third-order valence-corrected chi connectivity index (χ3v) is 3.35. The first-order valence-corrected chi connectivity index (χ1v) is 7.09. The lowest BCUT2D eigenvalue weighted by Crippen LogP contribution is -2.57. The zero-order valence-electron chi connectivity index (χ0n) is 13.2. The van der Waals surface area contributed by atoms with Gasteiger partial charge >= 0.3 is 5.97 Å². The number of hydrogen-bond donors (Lipinski definition) is 4. The van der Waals surface area contributed by atoms with E-state index in [0.717, 1.165) is 0 Å². The van der Waals surface area contributed by atoms with Crippen LogP contribution < -0.4 is 16.4 Å². The molecule has 2 unspecified atom stereocenters. The quantitative estimate of drug-likeness (QED) is 0.413. The van der Waals surface area contributed by atoms with E-state index >= 15 is 0 Å². The summed E-state index contributed by atoms with van der Waals surface area (Å²) in [5, 5.41) is 14.7. The number of ketones is 2. The number of carboxylic acids is 1. The Bertz CT molecular complexity index is 382. The fraction of sp³-hybridized carbons (Fsp3) is 0.786. The fourth-order valence-corrected chi connectivity index (χ4v) is 1.88. The van der Waals surface area contributed by atoms with Crippen LogP contribution in [0.1, 0.15) is 40.5 Å². The Morgan fingerprint density at radius 2 is 1.86 bits per heavy atom. The molecule has 0 aromatic heterocycles. The molecule has 0 amide bonds. The van der Waals surface area contributed by atoms with Crippen LogP contribution in [0.5, 0.6) is 0 Å². The van der Waals surface area contributed by atoms with Gasteiger partial charge in [0.15, 0.2) is 5.78 Å². The topological polar surface area (TPSA) is 122 Å². The van der Waals surface area contributed by atoms with Crippen LogP contribution in [0.2, 0.25) is 0 Å². The molecule has 122 valence electrons. The summed E-state index contributed by atoms with van der Waals surface area (Å²) >= 11 is 0. The van der Waals surface area contributed by atoms with Crippen LogP contribution in [0.3, 0.4) is 0 Å². The van der Waals surface area contributed by atoms with Gasteiger partial charge in [-0.25, -0.2) is 0 Å². The highest BCUT2D eigenvalue weighted by Crippen LogP contribution is 2.12. The molecule has 21 heavy (non-hydrogen) atoms. The van der Waals surface area contributed by atoms with Crippen LogP contribution in [0.4, 0.5) is 0 Å². The minimum atomic E-state index is -0.974. The predicted molar refractivity (Wildman–Crippen MR) is 80.1 cm³/mol. The van der Waals surface area contributed by atoms with Crippen molar-refractivity contribution in [3.8, 4) is 0 Å². The highest BCUT2D eigenvalue weighted by Gasteiger charge is 2.34. The smallest absolute Gasteiger partial charge is 0.303 e. The van der Waals surface area contributed by atoms with E-state index in [4.69, 9.17) is 10.8 Å². The fourth-order valence-electron chi connectivity index (χ4n) is 1.88. The molecule has 0 aromatic rings. The van der Waals surface area contributed by atoms with Gasteiger partial charge in [-0.3, -0.25) is 19.7 Å². The van der Waals surface area contributed by atoms with Gasteiger partial charge in [0.2, 0.25) is 0 Å². The van der Waals surface area contributed by atoms with E-state index in [0.29, 0.717) is 13.1 Å². The summed E-state index contributed by atoms with van der Waals surface area (Å²) in [6.45, 7) is 7.40. The van der Waals surface area contributed by atoms with Gasteiger partial charge in [0.1, 0.15) is 5.78 Å². The minimum absolute atomic E-state index is 0.101. The maximum Gasteiger partial charge on any atom is 0.303 e. The number of aliphatic carboxylic acids is 1. The Labute approximate surface area is 125 Å². The second-order valence-electron chi connectivity index (χ2n) is 5.69. The normalized spacial score (nSPS) is 14.5. The zero-order valence-corrected chi connectivity index (χ0v) is 13.2. The molecular weight excluding hydrogens is 274 g/mol. The van der Waals surface area contributed by atoms with Gasteiger partial charge in [-0.1, -0.05) is 0 Å². The number of hydrogen-bond acceptors (Lipinski definition) is 6. The number of carbonyl (C=O) groups excluding carboxylic acids is 2. The van der Waals surface area contributed by atoms with Gasteiger partial charge < -0.3 is 16.2 Å². The summed E-state index contributed by atoms with van der Waals surface area (Å²) in [6.07, 6.45) is 0.000518. The van der Waals surface area contributed by atoms with Crippen LogP contribution in [-0.4, -0.2) is 53.4 Å². The van der Waals surface area contributed by atoms with Crippen molar-refractivity contribution in [2.75, 3.05) is 13.1 Å². The van der Waals surface area contributed by atoms with Gasteiger partial charge in [-0.15, -0.1) is 0 Å². The van der Waals surface area contributed by atoms with Crippen LogP contribution in [0, 0.1) is 0 Å². The lowest BCUT2D eigenvalue weighted by molar-refractivity contribution is -0.137. The maximum atomic E-state index is 12.6. The van der Waals surface area contributed by atoms with E-state index in [2.05, 4.69) is 10.6 Å². The van der Waals surface area contributed by atoms with Gasteiger partial charge in [0.05, 0.1) is 17.6 Å². The molecule has 0 aromatic carbocycles. The summed E-state index contributed by atoms with van der Waals surface area (Å²) in [5.41, 5.74) is 4.58. The highest BCUT2D eigenvalue weighted by atomic mass is 16.4. The Morgan fingerprint density at radius 1 is 1.29 bits per heavy atom.